The third-order valence-corrected chi connectivity index (χ3v) is 11.6. The number of ether oxygens (including phenoxy) is 6. The number of hydrogen-bond acceptors (Lipinski definition) is 7. The van der Waals surface area contributed by atoms with Crippen LogP contribution in [0.25, 0.3) is 0 Å². The van der Waals surface area contributed by atoms with Crippen molar-refractivity contribution in [2.75, 3.05) is 21.3 Å². The van der Waals surface area contributed by atoms with Gasteiger partial charge in [0.2, 0.25) is 0 Å². The molecule has 6 fully saturated rings. The number of hydrogen-bond donors (Lipinski definition) is 0. The van der Waals surface area contributed by atoms with Crippen molar-refractivity contribution in [3.8, 4) is 0 Å². The molecule has 0 aromatic heterocycles. The first kappa shape index (κ1) is 35.6. The van der Waals surface area contributed by atoms with Gasteiger partial charge in [0.05, 0.1) is 18.3 Å². The van der Waals surface area contributed by atoms with Gasteiger partial charge in [0, 0.05) is 45.2 Å². The zero-order valence-electron chi connectivity index (χ0n) is 23.6. The van der Waals surface area contributed by atoms with Crippen LogP contribution in [0.4, 0.5) is 0 Å². The van der Waals surface area contributed by atoms with E-state index in [0.29, 0.717) is 47.3 Å². The van der Waals surface area contributed by atoms with E-state index in [9.17, 15) is 0 Å². The van der Waals surface area contributed by atoms with Crippen molar-refractivity contribution in [3.63, 3.8) is 0 Å². The second-order valence-corrected chi connectivity index (χ2v) is 13.0. The van der Waals surface area contributed by atoms with Crippen LogP contribution in [0.5, 0.6) is 0 Å². The molecule has 4 aliphatic heterocycles. The van der Waals surface area contributed by atoms with Crippen molar-refractivity contribution < 1.29 is 28.4 Å². The number of nitrogens with zero attached hydrogens (tertiary/aromatic N) is 1. The fourth-order valence-corrected chi connectivity index (χ4v) is 10.4. The second kappa shape index (κ2) is 12.2. The molecule has 0 N–H and O–H groups in total. The Morgan fingerprint density at radius 1 is 0.725 bits per heavy atom. The lowest BCUT2D eigenvalue weighted by Crippen LogP contribution is -2.72. The maximum absolute atomic E-state index is 6.74. The maximum atomic E-state index is 6.74. The lowest BCUT2D eigenvalue weighted by molar-refractivity contribution is -0.393. The number of rotatable bonds is 5. The first-order chi connectivity index (χ1) is 17.1. The van der Waals surface area contributed by atoms with Crippen LogP contribution >= 0.6 is 0 Å². The molecule has 6 unspecified atom stereocenters. The van der Waals surface area contributed by atoms with E-state index >= 15 is 0 Å². The van der Waals surface area contributed by atoms with Gasteiger partial charge in [-0.1, -0.05) is 57.4 Å². The third-order valence-electron chi connectivity index (χ3n) is 11.6. The molecule has 0 amide bonds. The summed E-state index contributed by atoms with van der Waals surface area (Å²) < 4.78 is 38.4. The van der Waals surface area contributed by atoms with Crippen LogP contribution < -0.4 is 0 Å². The highest BCUT2D eigenvalue weighted by Crippen LogP contribution is 2.65. The summed E-state index contributed by atoms with van der Waals surface area (Å²) in [5, 5.41) is 0. The van der Waals surface area contributed by atoms with Gasteiger partial charge in [-0.3, -0.25) is 4.99 Å². The summed E-state index contributed by atoms with van der Waals surface area (Å²) in [4.78, 5) is 4.82. The normalized spacial score (nSPS) is 53.9. The highest BCUT2D eigenvalue weighted by Gasteiger charge is 2.74. The summed E-state index contributed by atoms with van der Waals surface area (Å²) in [6.45, 7) is 13.8. The molecule has 4 saturated heterocycles. The summed E-state index contributed by atoms with van der Waals surface area (Å²) in [5.41, 5.74) is 0.441. The van der Waals surface area contributed by atoms with Crippen molar-refractivity contribution in [1.29, 1.82) is 0 Å². The van der Waals surface area contributed by atoms with Crippen LogP contribution in [0.15, 0.2) is 4.99 Å². The molecule has 7 nitrogen and oxygen atoms in total. The van der Waals surface area contributed by atoms with E-state index in [1.165, 1.54) is 0 Å². The first-order valence-electron chi connectivity index (χ1n) is 14.3. The van der Waals surface area contributed by atoms with E-state index in [-0.39, 0.29) is 77.9 Å². The maximum Gasteiger partial charge on any atom is 0.187 e. The molecule has 2 saturated carbocycles. The van der Waals surface area contributed by atoms with Crippen molar-refractivity contribution in [2.45, 2.75) is 139 Å². The Balaban J connectivity index is 0.00000140. The lowest BCUT2D eigenvalue weighted by atomic mass is 9.65. The Morgan fingerprint density at radius 2 is 1.18 bits per heavy atom. The van der Waals surface area contributed by atoms with E-state index in [1.807, 2.05) is 7.05 Å². The highest BCUT2D eigenvalue weighted by atomic mass is 16.7. The van der Waals surface area contributed by atoms with Crippen LogP contribution in [0.3, 0.4) is 0 Å². The van der Waals surface area contributed by atoms with Gasteiger partial charge in [-0.05, 0) is 62.2 Å². The van der Waals surface area contributed by atoms with Crippen LogP contribution in [-0.4, -0.2) is 75.2 Å². The van der Waals surface area contributed by atoms with Gasteiger partial charge in [0.25, 0.3) is 0 Å². The van der Waals surface area contributed by atoms with E-state index < -0.39 is 0 Å². The molecule has 6 aliphatic rings. The summed E-state index contributed by atoms with van der Waals surface area (Å²) in [6.07, 6.45) is 2.78. The van der Waals surface area contributed by atoms with Crippen LogP contribution in [0.1, 0.15) is 90.5 Å². The molecule has 16 atom stereocenters. The Morgan fingerprint density at radius 3 is 1.60 bits per heavy atom. The minimum atomic E-state index is -0.368. The molecule has 0 aromatic rings. The van der Waals surface area contributed by atoms with E-state index in [4.69, 9.17) is 33.4 Å². The number of aliphatic imine (C=N–C) groups is 1. The van der Waals surface area contributed by atoms with Crippen LogP contribution in [0, 0.1) is 47.3 Å². The molecule has 6 rings (SSSR count). The van der Waals surface area contributed by atoms with Gasteiger partial charge in [-0.2, -0.15) is 0 Å². The quantitative estimate of drug-likeness (QED) is 0.337. The zero-order chi connectivity index (χ0) is 25.7. The average molecular weight is 570 g/mol. The lowest BCUT2D eigenvalue weighted by Gasteiger charge is -2.61. The van der Waals surface area contributed by atoms with Gasteiger partial charge in [-0.15, -0.1) is 0 Å². The Bertz CT molecular complexity index is 898. The summed E-state index contributed by atoms with van der Waals surface area (Å²) in [6, 6.07) is 0. The topological polar surface area (TPSA) is 67.7 Å². The summed E-state index contributed by atoms with van der Waals surface area (Å²) in [5.74, 6) is 3.67. The molecule has 40 heavy (non-hydrogen) atoms. The summed E-state index contributed by atoms with van der Waals surface area (Å²) in [7, 11) is 5.41. The minimum Gasteiger partial charge on any atom is -0.366 e. The first-order valence-corrected chi connectivity index (χ1v) is 14.3. The second-order valence-electron chi connectivity index (χ2n) is 13.0. The standard InChI is InChI=1S/C29H47NO6.4CH4/c1-13-10-19-15(3)22(33-26(31-8)28(19)23(13)17(5)35-28)12-21(30-7)25-16(4)20-11-14(2)24-18(6)36-29(20,24)27(32-9)34-25;;;;/h13-20,22-27H,10-12H2,1-9H3;4*1H4/t13?,14?,15-,16-,17?,18?,19+,20+,22-,23?,24?,25+,26+,27+,28+,29+;;;;/m1..../s1. The Hall–Kier alpha value is -0.570. The smallest absolute Gasteiger partial charge is 0.187 e. The van der Waals surface area contributed by atoms with E-state index in [1.54, 1.807) is 14.2 Å². The van der Waals surface area contributed by atoms with Crippen molar-refractivity contribution >= 4 is 5.71 Å². The highest BCUT2D eigenvalue weighted by molar-refractivity contribution is 5.89. The van der Waals surface area contributed by atoms with Gasteiger partial charge < -0.3 is 28.4 Å². The number of methoxy groups -OCH3 is 2. The van der Waals surface area contributed by atoms with E-state index in [2.05, 4.69) is 41.5 Å². The average Bonchev–Trinajstić information content (AvgIpc) is 3.22. The Kier molecular flexibility index (Phi) is 10.9. The monoisotopic (exact) mass is 569 g/mol. The van der Waals surface area contributed by atoms with Crippen LogP contribution in [-0.2, 0) is 28.4 Å². The summed E-state index contributed by atoms with van der Waals surface area (Å²) >= 11 is 0. The Labute approximate surface area is 246 Å². The molecule has 236 valence electrons. The predicted octanol–water partition coefficient (Wildman–Crippen LogP) is 6.87. The molecule has 0 bridgehead atoms. The predicted molar refractivity (Wildman–Crippen MR) is 163 cm³/mol. The fourth-order valence-electron chi connectivity index (χ4n) is 10.4. The molecule has 0 radical (unpaired) electrons. The molecule has 7 heteroatoms. The molecule has 4 heterocycles. The molecule has 0 aromatic carbocycles. The third kappa shape index (κ3) is 4.30. The minimum absolute atomic E-state index is 0. The van der Waals surface area contributed by atoms with Gasteiger partial charge in [0.15, 0.2) is 12.6 Å². The van der Waals surface area contributed by atoms with Crippen molar-refractivity contribution in [3.05, 3.63) is 0 Å². The van der Waals surface area contributed by atoms with E-state index in [0.717, 1.165) is 25.0 Å². The van der Waals surface area contributed by atoms with Gasteiger partial charge in [0.1, 0.15) is 17.3 Å². The molecular formula is C33H63NO6. The van der Waals surface area contributed by atoms with Crippen molar-refractivity contribution in [1.82, 2.24) is 0 Å². The largest absolute Gasteiger partial charge is 0.366 e. The fraction of sp³-hybridized carbons (Fsp3) is 0.970. The van der Waals surface area contributed by atoms with Crippen molar-refractivity contribution in [2.24, 2.45) is 52.3 Å². The van der Waals surface area contributed by atoms with Crippen LogP contribution in [0.2, 0.25) is 0 Å². The zero-order valence-corrected chi connectivity index (χ0v) is 23.6. The molecule has 2 aliphatic carbocycles. The molecular weight excluding hydrogens is 506 g/mol. The molecule has 2 spiro atoms. The SMILES string of the molecule is C.C.C.C.CN=C(C[C@H]1O[C@H](OC)[C@@]23OC(C)C2C(C)C[C@H]3[C@H]1C)[C@H]1O[C@H](OC)[C@@]23OC(C)C2C(C)C[C@H]3[C@H]1C. The van der Waals surface area contributed by atoms with Gasteiger partial charge >= 0.3 is 0 Å². The van der Waals surface area contributed by atoms with Gasteiger partial charge in [-0.25, -0.2) is 0 Å².